The number of hydrogen-bond donors (Lipinski definition) is 2. The van der Waals surface area contributed by atoms with Crippen molar-refractivity contribution < 1.29 is 95.1 Å². The van der Waals surface area contributed by atoms with E-state index in [1.807, 2.05) is 0 Å². The average molecular weight is 964 g/mol. The molecule has 0 fully saturated rings. The summed E-state index contributed by atoms with van der Waals surface area (Å²) in [5.41, 5.74) is -1.30. The van der Waals surface area contributed by atoms with Gasteiger partial charge in [-0.15, -0.1) is 0 Å². The molecule has 366 valence electrons. The largest absolute Gasteiger partial charge is 0.507 e. The van der Waals surface area contributed by atoms with Crippen molar-refractivity contribution in [1.29, 1.82) is 0 Å². The number of nitrogens with one attached hydrogen (secondary N) is 1. The van der Waals surface area contributed by atoms with E-state index in [0.717, 1.165) is 6.08 Å². The van der Waals surface area contributed by atoms with Gasteiger partial charge in [0.1, 0.15) is 11.5 Å². The molecule has 23 heteroatoms. The fourth-order valence-corrected chi connectivity index (χ4v) is 10.5. The fourth-order valence-electron chi connectivity index (χ4n) is 6.02. The molecule has 0 aliphatic carbocycles. The zero-order valence-electron chi connectivity index (χ0n) is 36.3. The Morgan fingerprint density at radius 3 is 1.88 bits per heavy atom. The molecule has 2 N–H and O–H groups in total. The molecule has 0 saturated carbocycles. The number of esters is 1. The number of halogens is 13. The average Bonchev–Trinajstić information content (AvgIpc) is 3.19. The molecule has 0 aromatic heterocycles. The lowest BCUT2D eigenvalue weighted by molar-refractivity contribution is -0.440. The van der Waals surface area contributed by atoms with E-state index in [0.29, 0.717) is 30.1 Å². The van der Waals surface area contributed by atoms with Gasteiger partial charge < -0.3 is 33.8 Å². The molecule has 1 aromatic rings. The predicted octanol–water partition coefficient (Wildman–Crippen LogP) is 11.6. The van der Waals surface area contributed by atoms with Gasteiger partial charge in [-0.25, -0.2) is 4.79 Å². The van der Waals surface area contributed by atoms with Crippen LogP contribution in [0.25, 0.3) is 6.08 Å². The van der Waals surface area contributed by atoms with Crippen molar-refractivity contribution in [3.63, 3.8) is 0 Å². The first-order valence-electron chi connectivity index (χ1n) is 19.7. The number of benzene rings is 1. The summed E-state index contributed by atoms with van der Waals surface area (Å²) >= 11 is 0. The van der Waals surface area contributed by atoms with Gasteiger partial charge in [0.15, 0.2) is 20.7 Å². The first kappa shape index (κ1) is 57.9. The summed E-state index contributed by atoms with van der Waals surface area (Å²) in [4.78, 5) is 25.7. The summed E-state index contributed by atoms with van der Waals surface area (Å²) in [6, 6.07) is 5.45. The third-order valence-electron chi connectivity index (χ3n) is 9.95. The Kier molecular flexibility index (Phi) is 21.6. The van der Waals surface area contributed by atoms with Crippen molar-refractivity contribution in [2.75, 3.05) is 40.3 Å². The van der Waals surface area contributed by atoms with Gasteiger partial charge >= 0.3 is 41.8 Å². The van der Waals surface area contributed by atoms with Gasteiger partial charge in [-0.2, -0.15) is 57.1 Å². The highest BCUT2D eigenvalue weighted by atomic mass is 28.4. The van der Waals surface area contributed by atoms with E-state index >= 15 is 0 Å². The Morgan fingerprint density at radius 2 is 1.38 bits per heavy atom. The Morgan fingerprint density at radius 1 is 0.812 bits per heavy atom. The Labute approximate surface area is 363 Å². The minimum absolute atomic E-state index is 0.00967. The summed E-state index contributed by atoms with van der Waals surface area (Å²) in [6.07, 6.45) is -3.06. The molecule has 0 aliphatic heterocycles. The lowest BCUT2D eigenvalue weighted by Gasteiger charge is -2.42. The van der Waals surface area contributed by atoms with Crippen LogP contribution in [0.4, 0.5) is 57.1 Å². The van der Waals surface area contributed by atoms with Gasteiger partial charge in [-0.3, -0.25) is 4.79 Å². The monoisotopic (exact) mass is 963 g/mol. The number of allylic oxidation sites excluding steroid dienone is 3. The second kappa shape index (κ2) is 23.9. The van der Waals surface area contributed by atoms with E-state index < -0.39 is 96.8 Å². The SMILES string of the molecule is CCOC(=O)\C(C(=O)N/C=C/c1ccc(OCOCCOC)cc1)=C(O)/C=C/C(C)=C/[C@H](CC)CO[Si](CCC(F)(F)C(F)(F)C(F)(F)C(F)(F)C(F)(F)C(F)(F)F)(C(C)C)C(C)C. The van der Waals surface area contributed by atoms with E-state index in [2.05, 4.69) is 5.32 Å². The molecule has 0 aliphatic rings. The number of rotatable bonds is 27. The highest BCUT2D eigenvalue weighted by molar-refractivity contribution is 6.76. The van der Waals surface area contributed by atoms with E-state index in [1.54, 1.807) is 37.3 Å². The number of alkyl halides is 13. The third-order valence-corrected chi connectivity index (χ3v) is 15.6. The molecule has 0 radical (unpaired) electrons. The number of methoxy groups -OCH3 is 1. The van der Waals surface area contributed by atoms with Gasteiger partial charge in [0.25, 0.3) is 5.91 Å². The molecule has 0 unspecified atom stereocenters. The van der Waals surface area contributed by atoms with Gasteiger partial charge in [0, 0.05) is 26.3 Å². The molecule has 1 amide bonds. The van der Waals surface area contributed by atoms with Crippen LogP contribution in [0.1, 0.15) is 66.9 Å². The zero-order valence-corrected chi connectivity index (χ0v) is 37.3. The molecule has 0 bridgehead atoms. The van der Waals surface area contributed by atoms with Gasteiger partial charge in [0.2, 0.25) is 0 Å². The van der Waals surface area contributed by atoms with Gasteiger partial charge in [-0.05, 0) is 73.2 Å². The number of aliphatic hydroxyl groups is 1. The Balaban J connectivity index is 3.29. The molecule has 9 nitrogen and oxygen atoms in total. The van der Waals surface area contributed by atoms with Crippen molar-refractivity contribution in [3.8, 4) is 5.75 Å². The van der Waals surface area contributed by atoms with Crippen LogP contribution in [-0.4, -0.2) is 101 Å². The molecule has 1 rings (SSSR count). The van der Waals surface area contributed by atoms with E-state index in [9.17, 15) is 71.8 Å². The van der Waals surface area contributed by atoms with Crippen LogP contribution >= 0.6 is 0 Å². The fraction of sp³-hybridized carbons (Fsp3) is 0.610. The standard InChI is InChI=1S/C41H54F13NO8Si/c1-9-29(24-63-64(26(3)4,27(5)6)22-18-36(42,43)37(44,45)38(46,47)39(48,49)40(50,51)41(52,53)54)23-28(7)11-16-32(56)33(35(58)61-10-2)34(57)55-19-17-30-12-14-31(15-13-30)62-25-60-21-20-59-8/h11-17,19,23,26-27,29,56H,9-10,18,20-22,24-25H2,1-8H3,(H,55,57)/b16-11+,19-17+,28-23+,33-32+/t29-/m0/s1. The Hall–Kier alpha value is -4.09. The smallest absolute Gasteiger partial charge is 0.460 e. The second-order valence-corrected chi connectivity index (χ2v) is 20.0. The predicted molar refractivity (Wildman–Crippen MR) is 212 cm³/mol. The van der Waals surface area contributed by atoms with Crippen LogP contribution in [0.5, 0.6) is 5.75 Å². The number of amides is 1. The molecule has 64 heavy (non-hydrogen) atoms. The van der Waals surface area contributed by atoms with Crippen LogP contribution in [-0.2, 0) is 28.2 Å². The van der Waals surface area contributed by atoms with E-state index in [4.69, 9.17) is 23.4 Å². The summed E-state index contributed by atoms with van der Waals surface area (Å²) in [5.74, 6) is -40.4. The van der Waals surface area contributed by atoms with Crippen LogP contribution in [0.15, 0.2) is 65.6 Å². The van der Waals surface area contributed by atoms with Gasteiger partial charge in [-0.1, -0.05) is 64.5 Å². The van der Waals surface area contributed by atoms with Crippen molar-refractivity contribution in [1.82, 2.24) is 5.32 Å². The highest BCUT2D eigenvalue weighted by Crippen LogP contribution is 2.61. The molecular formula is C41H54F13NO8Si. The summed E-state index contributed by atoms with van der Waals surface area (Å²) in [5, 5.41) is 13.2. The molecular weight excluding hydrogens is 910 g/mol. The molecule has 0 saturated heterocycles. The molecule has 0 heterocycles. The van der Waals surface area contributed by atoms with Crippen molar-refractivity contribution in [3.05, 3.63) is 71.2 Å². The minimum atomic E-state index is -7.98. The lowest BCUT2D eigenvalue weighted by atomic mass is 9.93. The topological polar surface area (TPSA) is 113 Å². The number of hydrogen-bond acceptors (Lipinski definition) is 8. The van der Waals surface area contributed by atoms with E-state index in [1.165, 1.54) is 67.0 Å². The van der Waals surface area contributed by atoms with Crippen molar-refractivity contribution in [2.45, 2.75) is 114 Å². The maximum absolute atomic E-state index is 14.9. The van der Waals surface area contributed by atoms with Crippen molar-refractivity contribution in [2.24, 2.45) is 5.92 Å². The number of ether oxygens (including phenoxy) is 4. The normalized spacial score (nSPS) is 15.0. The lowest BCUT2D eigenvalue weighted by Crippen LogP contribution is -2.70. The quantitative estimate of drug-likeness (QED) is 0.00857. The van der Waals surface area contributed by atoms with Crippen LogP contribution in [0, 0.1) is 5.92 Å². The van der Waals surface area contributed by atoms with Gasteiger partial charge in [0.05, 0.1) is 19.8 Å². The summed E-state index contributed by atoms with van der Waals surface area (Å²) < 4.78 is 206. The number of aliphatic hydroxyl groups excluding tert-OH is 1. The molecule has 1 atom stereocenters. The number of carbonyl (C=O) groups excluding carboxylic acids is 2. The zero-order chi connectivity index (χ0) is 49.5. The molecule has 1 aromatic carbocycles. The first-order valence-corrected chi connectivity index (χ1v) is 22.0. The summed E-state index contributed by atoms with van der Waals surface area (Å²) in [6.45, 7) is 10.6. The second-order valence-electron chi connectivity index (χ2n) is 15.0. The molecule has 0 spiro atoms. The maximum Gasteiger partial charge on any atom is 0.460 e. The number of carbonyl (C=O) groups is 2. The summed E-state index contributed by atoms with van der Waals surface area (Å²) in [7, 11) is -2.32. The highest BCUT2D eigenvalue weighted by Gasteiger charge is 2.90. The Bertz CT molecular complexity index is 1770. The first-order chi connectivity index (χ1) is 29.3. The maximum atomic E-state index is 14.9. The van der Waals surface area contributed by atoms with Crippen LogP contribution in [0.2, 0.25) is 17.1 Å². The van der Waals surface area contributed by atoms with E-state index in [-0.39, 0.29) is 26.4 Å². The third kappa shape index (κ3) is 14.2. The van der Waals surface area contributed by atoms with Crippen molar-refractivity contribution >= 4 is 26.3 Å². The van der Waals surface area contributed by atoms with Crippen LogP contribution < -0.4 is 10.1 Å². The van der Waals surface area contributed by atoms with Crippen LogP contribution in [0.3, 0.4) is 0 Å². The minimum Gasteiger partial charge on any atom is -0.507 e.